The molecule has 4 atom stereocenters. The minimum absolute atomic E-state index is 0.297. The van der Waals surface area contributed by atoms with Gasteiger partial charge in [-0.25, -0.2) is 0 Å². The van der Waals surface area contributed by atoms with Gasteiger partial charge >= 0.3 is 0 Å². The van der Waals surface area contributed by atoms with Crippen LogP contribution in [0.25, 0.3) is 0 Å². The summed E-state index contributed by atoms with van der Waals surface area (Å²) in [5.74, 6) is 1.51. The van der Waals surface area contributed by atoms with Crippen molar-refractivity contribution in [2.75, 3.05) is 5.75 Å². The minimum atomic E-state index is -0.297. The van der Waals surface area contributed by atoms with Crippen LogP contribution in [0.4, 0.5) is 0 Å². The zero-order chi connectivity index (χ0) is 7.35. The van der Waals surface area contributed by atoms with Gasteiger partial charge in [-0.15, -0.1) is 0 Å². The Hall–Kier alpha value is 0.335. The van der Waals surface area contributed by atoms with Crippen molar-refractivity contribution in [2.24, 2.45) is 11.7 Å². The molecule has 2 nitrogen and oxygen atoms in total. The van der Waals surface area contributed by atoms with E-state index < -0.39 is 0 Å². The van der Waals surface area contributed by atoms with Crippen molar-refractivity contribution >= 4 is 19.6 Å². The standard InChI is InChI=1S/C6H12BNOS/c1-3-4-5(7)9-6(3,8)2-10-4/h3-5H,2,7-8H2,1H3/t3?,4?,5-,6+/m1/s1. The highest BCUT2D eigenvalue weighted by molar-refractivity contribution is 8.00. The molecule has 0 saturated carbocycles. The minimum Gasteiger partial charge on any atom is -0.364 e. The lowest BCUT2D eigenvalue weighted by Gasteiger charge is -2.25. The molecular formula is C6H12BNOS. The van der Waals surface area contributed by atoms with Crippen molar-refractivity contribution in [3.8, 4) is 0 Å². The molecule has 4 heteroatoms. The SMILES string of the molecule is B[C@@H]1O[C@@]2(N)CSC1C2C. The van der Waals surface area contributed by atoms with Crippen LogP contribution >= 0.6 is 11.8 Å². The predicted octanol–water partition coefficient (Wildman–Crippen LogP) is -0.618. The number of fused-ring (bicyclic) bond motifs is 2. The van der Waals surface area contributed by atoms with Crippen LogP contribution in [-0.2, 0) is 4.74 Å². The molecule has 10 heavy (non-hydrogen) atoms. The second kappa shape index (κ2) is 1.93. The summed E-state index contributed by atoms with van der Waals surface area (Å²) in [7, 11) is 2.11. The quantitative estimate of drug-likeness (QED) is 0.476. The van der Waals surface area contributed by atoms with Crippen LogP contribution < -0.4 is 5.73 Å². The summed E-state index contributed by atoms with van der Waals surface area (Å²) in [6, 6.07) is 0.360. The van der Waals surface area contributed by atoms with E-state index in [1.165, 1.54) is 0 Å². The number of hydrogen-bond acceptors (Lipinski definition) is 3. The van der Waals surface area contributed by atoms with E-state index in [-0.39, 0.29) is 5.72 Å². The fourth-order valence-corrected chi connectivity index (χ4v) is 3.51. The van der Waals surface area contributed by atoms with Gasteiger partial charge in [0.1, 0.15) is 13.6 Å². The second-order valence-corrected chi connectivity index (χ2v) is 4.51. The Kier molecular flexibility index (Phi) is 1.35. The highest BCUT2D eigenvalue weighted by atomic mass is 32.2. The molecule has 0 aliphatic carbocycles. The maximum atomic E-state index is 5.99. The summed E-state index contributed by atoms with van der Waals surface area (Å²) in [4.78, 5) is 0. The summed E-state index contributed by atoms with van der Waals surface area (Å²) in [5, 5.41) is 0.644. The van der Waals surface area contributed by atoms with E-state index >= 15 is 0 Å². The number of rotatable bonds is 0. The van der Waals surface area contributed by atoms with Crippen molar-refractivity contribution in [2.45, 2.75) is 23.9 Å². The average Bonchev–Trinajstić information content (AvgIpc) is 2.20. The molecule has 2 aliphatic heterocycles. The normalized spacial score (nSPS) is 59.6. The fourth-order valence-electron chi connectivity index (χ4n) is 1.88. The molecule has 56 valence electrons. The molecule has 0 aromatic rings. The van der Waals surface area contributed by atoms with Gasteiger partial charge in [0.25, 0.3) is 0 Å². The molecule has 2 heterocycles. The maximum absolute atomic E-state index is 5.99. The van der Waals surface area contributed by atoms with Crippen molar-refractivity contribution in [3.05, 3.63) is 0 Å². The van der Waals surface area contributed by atoms with Gasteiger partial charge in [0, 0.05) is 22.9 Å². The monoisotopic (exact) mass is 157 g/mol. The van der Waals surface area contributed by atoms with Gasteiger partial charge in [0.2, 0.25) is 0 Å². The van der Waals surface area contributed by atoms with E-state index in [1.807, 2.05) is 11.8 Å². The van der Waals surface area contributed by atoms with Gasteiger partial charge in [-0.2, -0.15) is 11.8 Å². The van der Waals surface area contributed by atoms with E-state index in [2.05, 4.69) is 14.8 Å². The summed E-state index contributed by atoms with van der Waals surface area (Å²) in [6.45, 7) is 2.19. The van der Waals surface area contributed by atoms with Crippen molar-refractivity contribution < 1.29 is 4.74 Å². The lowest BCUT2D eigenvalue weighted by molar-refractivity contribution is -0.00740. The van der Waals surface area contributed by atoms with E-state index in [1.54, 1.807) is 0 Å². The van der Waals surface area contributed by atoms with E-state index in [4.69, 9.17) is 10.5 Å². The van der Waals surface area contributed by atoms with Gasteiger partial charge < -0.3 is 10.5 Å². The Labute approximate surface area is 66.3 Å². The molecule has 2 unspecified atom stereocenters. The fraction of sp³-hybridized carbons (Fsp3) is 1.00. The summed E-state index contributed by atoms with van der Waals surface area (Å²) in [5.41, 5.74) is 5.69. The average molecular weight is 157 g/mol. The van der Waals surface area contributed by atoms with Crippen LogP contribution in [0.15, 0.2) is 0 Å². The number of hydrogen-bond donors (Lipinski definition) is 1. The topological polar surface area (TPSA) is 35.2 Å². The molecule has 2 fully saturated rings. The number of nitrogens with two attached hydrogens (primary N) is 1. The van der Waals surface area contributed by atoms with E-state index in [0.29, 0.717) is 17.2 Å². The highest BCUT2D eigenvalue weighted by Crippen LogP contribution is 2.47. The van der Waals surface area contributed by atoms with Gasteiger partial charge in [-0.1, -0.05) is 6.92 Å². The van der Waals surface area contributed by atoms with Crippen LogP contribution in [0.3, 0.4) is 0 Å². The third kappa shape index (κ3) is 0.699. The number of thioether (sulfide) groups is 1. The van der Waals surface area contributed by atoms with Gasteiger partial charge in [0.05, 0.1) is 0 Å². The third-order valence-corrected chi connectivity index (χ3v) is 4.43. The number of ether oxygens (including phenoxy) is 1. The van der Waals surface area contributed by atoms with Crippen molar-refractivity contribution in [1.82, 2.24) is 0 Å². The van der Waals surface area contributed by atoms with Gasteiger partial charge in [-0.05, 0) is 0 Å². The van der Waals surface area contributed by atoms with Crippen LogP contribution in [-0.4, -0.2) is 30.6 Å². The Morgan fingerprint density at radius 2 is 2.50 bits per heavy atom. The van der Waals surface area contributed by atoms with Crippen LogP contribution in [0.5, 0.6) is 0 Å². The molecule has 0 radical (unpaired) electrons. The zero-order valence-corrected chi connectivity index (χ0v) is 7.15. The highest BCUT2D eigenvalue weighted by Gasteiger charge is 2.54. The molecule has 0 aromatic heterocycles. The first kappa shape index (κ1) is 7.01. The van der Waals surface area contributed by atoms with Crippen LogP contribution in [0, 0.1) is 5.92 Å². The molecule has 0 spiro atoms. The molecule has 2 rings (SSSR count). The molecular weight excluding hydrogens is 145 g/mol. The van der Waals surface area contributed by atoms with Crippen LogP contribution in [0.2, 0.25) is 0 Å². The second-order valence-electron chi connectivity index (χ2n) is 3.34. The first-order valence-electron chi connectivity index (χ1n) is 3.72. The molecule has 0 amide bonds. The lowest BCUT2D eigenvalue weighted by Crippen LogP contribution is -2.45. The lowest BCUT2D eigenvalue weighted by atomic mass is 9.90. The summed E-state index contributed by atoms with van der Waals surface area (Å²) in [6.07, 6.45) is 0. The smallest absolute Gasteiger partial charge is 0.140 e. The Bertz CT molecular complexity index is 168. The van der Waals surface area contributed by atoms with Crippen molar-refractivity contribution in [1.29, 1.82) is 0 Å². The Morgan fingerprint density at radius 1 is 1.80 bits per heavy atom. The molecule has 0 aromatic carbocycles. The largest absolute Gasteiger partial charge is 0.364 e. The van der Waals surface area contributed by atoms with Crippen molar-refractivity contribution in [3.63, 3.8) is 0 Å². The summed E-state index contributed by atoms with van der Waals surface area (Å²) >= 11 is 1.96. The first-order chi connectivity index (χ1) is 4.63. The Morgan fingerprint density at radius 3 is 2.70 bits per heavy atom. The Balaban J connectivity index is 2.26. The van der Waals surface area contributed by atoms with E-state index in [0.717, 1.165) is 5.75 Å². The summed E-state index contributed by atoms with van der Waals surface area (Å²) < 4.78 is 5.62. The molecule has 2 N–H and O–H groups in total. The van der Waals surface area contributed by atoms with E-state index in [9.17, 15) is 0 Å². The first-order valence-corrected chi connectivity index (χ1v) is 4.77. The van der Waals surface area contributed by atoms with Crippen LogP contribution in [0.1, 0.15) is 6.92 Å². The van der Waals surface area contributed by atoms with Gasteiger partial charge in [-0.3, -0.25) is 0 Å². The third-order valence-electron chi connectivity index (χ3n) is 2.63. The molecule has 2 bridgehead atoms. The molecule has 2 saturated heterocycles. The van der Waals surface area contributed by atoms with Gasteiger partial charge in [0.15, 0.2) is 0 Å². The maximum Gasteiger partial charge on any atom is 0.140 e. The predicted molar refractivity (Wildman–Crippen MR) is 45.7 cm³/mol. The molecule has 2 aliphatic rings. The zero-order valence-electron chi connectivity index (χ0n) is 6.33.